The number of hydrogen-bond donors (Lipinski definition) is 1. The molecule has 6 nitrogen and oxygen atoms in total. The Morgan fingerprint density at radius 3 is 2.23 bits per heavy atom. The summed E-state index contributed by atoms with van der Waals surface area (Å²) in [7, 11) is 0. The van der Waals surface area contributed by atoms with Gasteiger partial charge in [-0.15, -0.1) is 0 Å². The summed E-state index contributed by atoms with van der Waals surface area (Å²) in [5.41, 5.74) is 0.639. The molecule has 1 fully saturated rings. The molecular weight excluding hydrogens is 330 g/mol. The summed E-state index contributed by atoms with van der Waals surface area (Å²) in [4.78, 5) is 40.7. The molecule has 2 amide bonds. The van der Waals surface area contributed by atoms with Crippen LogP contribution in [0.1, 0.15) is 79.6 Å². The number of nitrogens with one attached hydrogen (secondary N) is 1. The lowest BCUT2D eigenvalue weighted by molar-refractivity contribution is -0.135. The second-order valence-electron chi connectivity index (χ2n) is 5.67. The molecule has 0 bridgehead atoms. The predicted octanol–water partition coefficient (Wildman–Crippen LogP) is 1.96. The molecule has 1 N–H and O–H groups in total. The summed E-state index contributed by atoms with van der Waals surface area (Å²) in [5.74, 6) is -0.242. The maximum absolute atomic E-state index is 12.9. The average Bonchev–Trinajstić information content (AvgIpc) is 2.60. The van der Waals surface area contributed by atoms with Crippen molar-refractivity contribution in [2.45, 2.75) is 80.7 Å². The van der Waals surface area contributed by atoms with Crippen LogP contribution in [0.3, 0.4) is 0 Å². The molecule has 2 rings (SSSR count). The number of rotatable bonds is 2. The monoisotopic (exact) mass is 363 g/mol. The van der Waals surface area contributed by atoms with E-state index < -0.39 is 11.9 Å². The van der Waals surface area contributed by atoms with Gasteiger partial charge in [0.1, 0.15) is 11.9 Å². The van der Waals surface area contributed by atoms with Crippen LogP contribution in [0.2, 0.25) is 0 Å². The van der Waals surface area contributed by atoms with Crippen LogP contribution >= 0.6 is 0 Å². The van der Waals surface area contributed by atoms with Crippen molar-refractivity contribution in [3.63, 3.8) is 0 Å². The van der Waals surface area contributed by atoms with Gasteiger partial charge in [0.15, 0.2) is 0 Å². The summed E-state index contributed by atoms with van der Waals surface area (Å²) >= 11 is 0. The second-order valence-corrected chi connectivity index (χ2v) is 5.67. The number of nitrogens with zero attached hydrogens (tertiary/aromatic N) is 2. The number of carbonyl (C=O) groups is 2. The summed E-state index contributed by atoms with van der Waals surface area (Å²) in [6.45, 7) is 15.4. The fraction of sp³-hybridized carbons (Fsp3) is 0.600. The molecule has 2 heterocycles. The van der Waals surface area contributed by atoms with Gasteiger partial charge in [0.2, 0.25) is 11.8 Å². The normalized spacial score (nSPS) is 16.8. The molecule has 26 heavy (non-hydrogen) atoms. The van der Waals surface area contributed by atoms with Crippen LogP contribution in [0.25, 0.3) is 11.6 Å². The van der Waals surface area contributed by atoms with E-state index in [0.717, 1.165) is 12.0 Å². The third kappa shape index (κ3) is 5.38. The third-order valence-electron chi connectivity index (χ3n) is 3.74. The smallest absolute Gasteiger partial charge is 0.262 e. The standard InChI is InChI=1S/C16H21N3O3.2C2H6/c1-5-6-11-14(9(2)3)16(22)19(10(4)17-11)12-7-8-13(20)18-15(12)21;2*1-2/h6,12H,5,7-8H2,1-4H3,(H,18,20,21);2*1-2H3/b11-6+;;. The molecule has 0 spiro atoms. The zero-order chi connectivity index (χ0) is 20.4. The summed E-state index contributed by atoms with van der Waals surface area (Å²) in [6.07, 6.45) is 3.24. The van der Waals surface area contributed by atoms with E-state index in [9.17, 15) is 14.4 Å². The van der Waals surface area contributed by atoms with E-state index in [0.29, 0.717) is 22.8 Å². The van der Waals surface area contributed by atoms with Crippen molar-refractivity contribution in [3.8, 4) is 0 Å². The SMILES string of the molecule is CC.CC.CC/C=c1/nc(C)n(C2CCC(=O)NC2=O)c(=O)c1=C(C)C. The summed E-state index contributed by atoms with van der Waals surface area (Å²) in [5, 5.41) is 3.49. The van der Waals surface area contributed by atoms with Gasteiger partial charge >= 0.3 is 0 Å². The minimum absolute atomic E-state index is 0.221. The Morgan fingerprint density at radius 2 is 1.77 bits per heavy atom. The van der Waals surface area contributed by atoms with Crippen LogP contribution in [-0.2, 0) is 9.59 Å². The lowest BCUT2D eigenvalue weighted by Gasteiger charge is -2.24. The molecule has 1 unspecified atom stereocenters. The Balaban J connectivity index is 0.00000146. The maximum Gasteiger partial charge on any atom is 0.262 e. The highest BCUT2D eigenvalue weighted by molar-refractivity contribution is 5.99. The van der Waals surface area contributed by atoms with E-state index in [1.165, 1.54) is 4.57 Å². The van der Waals surface area contributed by atoms with Crippen molar-refractivity contribution in [3.05, 3.63) is 26.7 Å². The van der Waals surface area contributed by atoms with Crippen LogP contribution in [0, 0.1) is 6.92 Å². The van der Waals surface area contributed by atoms with Crippen molar-refractivity contribution in [2.24, 2.45) is 0 Å². The number of aromatic nitrogens is 2. The first kappa shape index (κ1) is 23.8. The van der Waals surface area contributed by atoms with Gasteiger partial charge in [0.25, 0.3) is 5.56 Å². The number of amides is 2. The number of imide groups is 1. The molecule has 1 aliphatic heterocycles. The summed E-state index contributed by atoms with van der Waals surface area (Å²) in [6, 6.07) is -0.675. The van der Waals surface area contributed by atoms with Crippen LogP contribution in [0.5, 0.6) is 0 Å². The molecule has 1 aliphatic rings. The number of aryl methyl sites for hydroxylation is 1. The largest absolute Gasteiger partial charge is 0.295 e. The second kappa shape index (κ2) is 11.4. The molecule has 0 aliphatic carbocycles. The zero-order valence-electron chi connectivity index (χ0n) is 17.4. The van der Waals surface area contributed by atoms with Gasteiger partial charge in [-0.3, -0.25) is 24.3 Å². The minimum atomic E-state index is -0.675. The molecule has 1 aromatic heterocycles. The van der Waals surface area contributed by atoms with Gasteiger partial charge in [-0.1, -0.05) is 46.3 Å². The summed E-state index contributed by atoms with van der Waals surface area (Å²) < 4.78 is 1.41. The Morgan fingerprint density at radius 1 is 1.19 bits per heavy atom. The molecule has 1 atom stereocenters. The minimum Gasteiger partial charge on any atom is -0.295 e. The predicted molar refractivity (Wildman–Crippen MR) is 106 cm³/mol. The van der Waals surface area contributed by atoms with Crippen molar-refractivity contribution in [1.29, 1.82) is 0 Å². The first-order valence-corrected chi connectivity index (χ1v) is 9.47. The van der Waals surface area contributed by atoms with Gasteiger partial charge in [-0.05, 0) is 33.6 Å². The molecule has 1 aromatic rings. The van der Waals surface area contributed by atoms with E-state index in [2.05, 4.69) is 10.3 Å². The zero-order valence-corrected chi connectivity index (χ0v) is 17.4. The highest BCUT2D eigenvalue weighted by Gasteiger charge is 2.30. The Hall–Kier alpha value is -2.24. The van der Waals surface area contributed by atoms with Crippen molar-refractivity contribution >= 4 is 23.5 Å². The van der Waals surface area contributed by atoms with E-state index in [1.54, 1.807) is 6.92 Å². The number of carbonyl (C=O) groups excluding carboxylic acids is 2. The van der Waals surface area contributed by atoms with Gasteiger partial charge in [-0.25, -0.2) is 4.98 Å². The lowest BCUT2D eigenvalue weighted by atomic mass is 10.1. The maximum atomic E-state index is 12.9. The van der Waals surface area contributed by atoms with E-state index in [-0.39, 0.29) is 17.9 Å². The average molecular weight is 364 g/mol. The topological polar surface area (TPSA) is 81.1 Å². The fourth-order valence-electron chi connectivity index (χ4n) is 2.77. The first-order chi connectivity index (χ1) is 12.4. The Labute approximate surface area is 156 Å². The van der Waals surface area contributed by atoms with E-state index in [1.807, 2.05) is 54.5 Å². The van der Waals surface area contributed by atoms with Crippen LogP contribution in [0.15, 0.2) is 4.79 Å². The van der Waals surface area contributed by atoms with Crippen molar-refractivity contribution in [2.75, 3.05) is 0 Å². The molecule has 0 radical (unpaired) electrons. The number of piperidine rings is 1. The van der Waals surface area contributed by atoms with Crippen LogP contribution < -0.4 is 21.4 Å². The molecule has 6 heteroatoms. The van der Waals surface area contributed by atoms with Gasteiger partial charge in [0, 0.05) is 6.42 Å². The third-order valence-corrected chi connectivity index (χ3v) is 3.74. The molecular formula is C20H33N3O3. The van der Waals surface area contributed by atoms with Gasteiger partial charge in [0.05, 0.1) is 10.6 Å². The van der Waals surface area contributed by atoms with E-state index in [4.69, 9.17) is 0 Å². The highest BCUT2D eigenvalue weighted by Crippen LogP contribution is 2.16. The Bertz CT molecular complexity index is 803. The first-order valence-electron chi connectivity index (χ1n) is 9.47. The molecule has 146 valence electrons. The highest BCUT2D eigenvalue weighted by atomic mass is 16.2. The van der Waals surface area contributed by atoms with Crippen LogP contribution in [-0.4, -0.2) is 21.4 Å². The van der Waals surface area contributed by atoms with Crippen molar-refractivity contribution in [1.82, 2.24) is 14.9 Å². The molecule has 0 aromatic carbocycles. The van der Waals surface area contributed by atoms with Crippen molar-refractivity contribution < 1.29 is 9.59 Å². The fourth-order valence-corrected chi connectivity index (χ4v) is 2.77. The van der Waals surface area contributed by atoms with E-state index >= 15 is 0 Å². The molecule has 0 saturated carbocycles. The number of hydrogen-bond acceptors (Lipinski definition) is 4. The quantitative estimate of drug-likeness (QED) is 0.815. The Kier molecular flexibility index (Phi) is 10.4. The van der Waals surface area contributed by atoms with Crippen LogP contribution in [0.4, 0.5) is 0 Å². The van der Waals surface area contributed by atoms with Gasteiger partial charge < -0.3 is 0 Å². The lowest BCUT2D eigenvalue weighted by Crippen LogP contribution is -2.53. The molecule has 1 saturated heterocycles. The van der Waals surface area contributed by atoms with Gasteiger partial charge in [-0.2, -0.15) is 0 Å².